The first-order chi connectivity index (χ1) is 15.9. The van der Waals surface area contributed by atoms with E-state index in [9.17, 15) is 14.4 Å². The monoisotopic (exact) mass is 456 g/mol. The van der Waals surface area contributed by atoms with Crippen LogP contribution in [0.3, 0.4) is 0 Å². The molecule has 176 valence electrons. The second-order valence-corrected chi connectivity index (χ2v) is 7.52. The fourth-order valence-electron chi connectivity index (χ4n) is 4.02. The van der Waals surface area contributed by atoms with E-state index in [4.69, 9.17) is 23.7 Å². The van der Waals surface area contributed by atoms with Crippen LogP contribution < -0.4 is 18.9 Å². The van der Waals surface area contributed by atoms with Gasteiger partial charge in [0.05, 0.1) is 35.0 Å². The third kappa shape index (κ3) is 4.79. The molecule has 0 fully saturated rings. The largest absolute Gasteiger partial charge is 0.493 e. The van der Waals surface area contributed by atoms with Crippen LogP contribution in [0.15, 0.2) is 24.3 Å². The number of hydrogen-bond acceptors (Lipinski definition) is 8. The molecule has 0 aliphatic heterocycles. The van der Waals surface area contributed by atoms with Gasteiger partial charge in [0.2, 0.25) is 0 Å². The van der Waals surface area contributed by atoms with Crippen LogP contribution >= 0.6 is 0 Å². The number of carbonyl (C=O) groups is 3. The molecule has 1 atom stereocenters. The molecule has 0 heterocycles. The molecule has 8 heteroatoms. The number of benzene rings is 2. The molecule has 8 nitrogen and oxygen atoms in total. The first-order valence-corrected chi connectivity index (χ1v) is 10.6. The predicted molar refractivity (Wildman–Crippen MR) is 120 cm³/mol. The second-order valence-electron chi connectivity index (χ2n) is 7.52. The van der Waals surface area contributed by atoms with Gasteiger partial charge in [-0.3, -0.25) is 14.4 Å². The third-order valence-corrected chi connectivity index (χ3v) is 5.72. The molecule has 0 saturated carbocycles. The minimum atomic E-state index is -0.744. The SMILES string of the molecule is CCOC(=O)C1Cc2cc(OC)c(OC)cc2C1=O.COc1cc2c(cc1OC)C(=O)CC2. The van der Waals surface area contributed by atoms with Gasteiger partial charge in [0.1, 0.15) is 5.92 Å². The van der Waals surface area contributed by atoms with Gasteiger partial charge >= 0.3 is 5.97 Å². The molecule has 0 bridgehead atoms. The van der Waals surface area contributed by atoms with Gasteiger partial charge in [0.15, 0.2) is 34.6 Å². The van der Waals surface area contributed by atoms with Gasteiger partial charge in [0, 0.05) is 17.5 Å². The summed E-state index contributed by atoms with van der Waals surface area (Å²) >= 11 is 0. The summed E-state index contributed by atoms with van der Waals surface area (Å²) in [4.78, 5) is 35.3. The van der Waals surface area contributed by atoms with Crippen LogP contribution in [0, 0.1) is 5.92 Å². The van der Waals surface area contributed by atoms with E-state index in [0.29, 0.717) is 41.4 Å². The van der Waals surface area contributed by atoms with Crippen molar-refractivity contribution in [3.05, 3.63) is 46.5 Å². The van der Waals surface area contributed by atoms with E-state index in [2.05, 4.69) is 0 Å². The Kier molecular flexibility index (Phi) is 7.58. The molecule has 2 aromatic rings. The Bertz CT molecular complexity index is 1070. The fraction of sp³-hybridized carbons (Fsp3) is 0.400. The van der Waals surface area contributed by atoms with Crippen LogP contribution in [-0.2, 0) is 22.4 Å². The lowest BCUT2D eigenvalue weighted by Gasteiger charge is -2.09. The van der Waals surface area contributed by atoms with Gasteiger partial charge in [-0.15, -0.1) is 0 Å². The number of ether oxygens (including phenoxy) is 5. The van der Waals surface area contributed by atoms with Gasteiger partial charge in [-0.2, -0.15) is 0 Å². The summed E-state index contributed by atoms with van der Waals surface area (Å²) in [7, 11) is 6.21. The first kappa shape index (κ1) is 24.1. The van der Waals surface area contributed by atoms with Gasteiger partial charge in [-0.05, 0) is 55.2 Å². The number of aryl methyl sites for hydroxylation is 1. The number of Topliss-reactive ketones (excluding diaryl/α,β-unsaturated/α-hetero) is 2. The zero-order valence-corrected chi connectivity index (χ0v) is 19.5. The van der Waals surface area contributed by atoms with E-state index >= 15 is 0 Å². The van der Waals surface area contributed by atoms with E-state index in [1.807, 2.05) is 6.07 Å². The van der Waals surface area contributed by atoms with Crippen LogP contribution in [0.5, 0.6) is 23.0 Å². The number of carbonyl (C=O) groups excluding carboxylic acids is 3. The summed E-state index contributed by atoms with van der Waals surface area (Å²) in [5.74, 6) is 1.13. The Morgan fingerprint density at radius 1 is 0.788 bits per heavy atom. The Hall–Kier alpha value is -3.55. The van der Waals surface area contributed by atoms with E-state index in [0.717, 1.165) is 23.1 Å². The summed E-state index contributed by atoms with van der Waals surface area (Å²) in [6.45, 7) is 1.99. The highest BCUT2D eigenvalue weighted by atomic mass is 16.5. The van der Waals surface area contributed by atoms with Crippen molar-refractivity contribution in [2.75, 3.05) is 35.0 Å². The zero-order valence-electron chi connectivity index (χ0n) is 19.5. The van der Waals surface area contributed by atoms with Crippen molar-refractivity contribution in [2.45, 2.75) is 26.2 Å². The average molecular weight is 456 g/mol. The van der Waals surface area contributed by atoms with Gasteiger partial charge in [0.25, 0.3) is 0 Å². The molecule has 33 heavy (non-hydrogen) atoms. The van der Waals surface area contributed by atoms with Gasteiger partial charge in [-0.1, -0.05) is 0 Å². The molecular weight excluding hydrogens is 428 g/mol. The third-order valence-electron chi connectivity index (χ3n) is 5.72. The van der Waals surface area contributed by atoms with Crippen LogP contribution in [0.2, 0.25) is 0 Å². The molecule has 2 aliphatic rings. The maximum atomic E-state index is 12.2. The highest BCUT2D eigenvalue weighted by molar-refractivity contribution is 6.12. The van der Waals surface area contributed by atoms with Crippen molar-refractivity contribution in [1.29, 1.82) is 0 Å². The van der Waals surface area contributed by atoms with Crippen molar-refractivity contribution in [2.24, 2.45) is 5.92 Å². The van der Waals surface area contributed by atoms with Crippen LogP contribution in [0.25, 0.3) is 0 Å². The van der Waals surface area contributed by atoms with Crippen LogP contribution in [0.4, 0.5) is 0 Å². The van der Waals surface area contributed by atoms with Crippen LogP contribution in [0.1, 0.15) is 45.2 Å². The summed E-state index contributed by atoms with van der Waals surface area (Å²) in [6, 6.07) is 7.02. The summed E-state index contributed by atoms with van der Waals surface area (Å²) < 4.78 is 25.6. The van der Waals surface area contributed by atoms with Crippen molar-refractivity contribution in [3.8, 4) is 23.0 Å². The Balaban J connectivity index is 0.000000194. The number of ketones is 2. The lowest BCUT2D eigenvalue weighted by atomic mass is 10.1. The molecule has 0 aromatic heterocycles. The lowest BCUT2D eigenvalue weighted by molar-refractivity contribution is -0.145. The molecule has 0 N–H and O–H groups in total. The first-order valence-electron chi connectivity index (χ1n) is 10.6. The van der Waals surface area contributed by atoms with Crippen molar-refractivity contribution < 1.29 is 38.1 Å². The van der Waals surface area contributed by atoms with E-state index in [-0.39, 0.29) is 18.2 Å². The molecule has 0 amide bonds. The van der Waals surface area contributed by atoms with E-state index in [1.54, 1.807) is 39.3 Å². The highest BCUT2D eigenvalue weighted by Gasteiger charge is 2.37. The Morgan fingerprint density at radius 2 is 1.30 bits per heavy atom. The normalized spacial score (nSPS) is 15.7. The van der Waals surface area contributed by atoms with Crippen molar-refractivity contribution >= 4 is 17.5 Å². The summed E-state index contributed by atoms with van der Waals surface area (Å²) in [6.07, 6.45) is 1.77. The Morgan fingerprint density at radius 3 is 1.85 bits per heavy atom. The summed E-state index contributed by atoms with van der Waals surface area (Å²) in [5, 5.41) is 0. The van der Waals surface area contributed by atoms with Gasteiger partial charge in [-0.25, -0.2) is 0 Å². The molecule has 1 unspecified atom stereocenters. The molecule has 4 rings (SSSR count). The minimum Gasteiger partial charge on any atom is -0.493 e. The number of fused-ring (bicyclic) bond motifs is 2. The average Bonchev–Trinajstić information content (AvgIpc) is 3.36. The number of rotatable bonds is 6. The maximum absolute atomic E-state index is 12.2. The number of hydrogen-bond donors (Lipinski definition) is 0. The van der Waals surface area contributed by atoms with E-state index < -0.39 is 11.9 Å². The molecule has 2 aromatic carbocycles. The zero-order chi connectivity index (χ0) is 24.1. The van der Waals surface area contributed by atoms with Crippen molar-refractivity contribution in [1.82, 2.24) is 0 Å². The fourth-order valence-corrected chi connectivity index (χ4v) is 4.02. The second kappa shape index (κ2) is 10.4. The molecule has 0 spiro atoms. The summed E-state index contributed by atoms with van der Waals surface area (Å²) in [5.41, 5.74) is 3.15. The molecule has 0 saturated heterocycles. The molecule has 2 aliphatic carbocycles. The minimum absolute atomic E-state index is 0.195. The Labute approximate surface area is 192 Å². The maximum Gasteiger partial charge on any atom is 0.317 e. The number of esters is 1. The van der Waals surface area contributed by atoms with Crippen LogP contribution in [-0.4, -0.2) is 52.6 Å². The topological polar surface area (TPSA) is 97.4 Å². The smallest absolute Gasteiger partial charge is 0.317 e. The van der Waals surface area contributed by atoms with Gasteiger partial charge < -0.3 is 23.7 Å². The van der Waals surface area contributed by atoms with E-state index in [1.165, 1.54) is 14.2 Å². The predicted octanol–water partition coefficient (Wildman–Crippen LogP) is 3.45. The standard InChI is InChI=1S/C14H16O5.C11H12O3/c1-4-19-14(16)10-5-8-6-11(17-2)12(18-3)7-9(8)13(10)15;1-13-10-5-7-3-4-9(12)8(7)6-11(10)14-2/h6-7,10H,4-5H2,1-3H3;5-6H,3-4H2,1-2H3. The molecule has 0 radical (unpaired) electrons. The highest BCUT2D eigenvalue weighted by Crippen LogP contribution is 2.37. The quantitative estimate of drug-likeness (QED) is 0.482. The lowest BCUT2D eigenvalue weighted by Crippen LogP contribution is -2.23. The van der Waals surface area contributed by atoms with Crippen molar-refractivity contribution in [3.63, 3.8) is 0 Å². The molecular formula is C25H28O8. The number of methoxy groups -OCH3 is 4.